The fourth-order valence-corrected chi connectivity index (χ4v) is 2.40. The molecule has 0 spiro atoms. The zero-order chi connectivity index (χ0) is 10.1. The first-order valence-corrected chi connectivity index (χ1v) is 5.32. The lowest BCUT2D eigenvalue weighted by molar-refractivity contribution is 0.248. The van der Waals surface area contributed by atoms with E-state index in [0.717, 1.165) is 25.3 Å². The number of likely N-dealkylation sites (N-methyl/N-ethyl adjacent to an activating group) is 1. The molecule has 2 nitrogen and oxygen atoms in total. The van der Waals surface area contributed by atoms with Gasteiger partial charge < -0.3 is 5.73 Å². The lowest BCUT2D eigenvalue weighted by Crippen LogP contribution is -2.32. The summed E-state index contributed by atoms with van der Waals surface area (Å²) in [6.07, 6.45) is 0. The smallest absolute Gasteiger partial charge is 0.0353 e. The summed E-state index contributed by atoms with van der Waals surface area (Å²) in [6.45, 7) is 7.79. The average molecular weight is 190 g/mol. The minimum Gasteiger partial charge on any atom is -0.398 e. The highest BCUT2D eigenvalue weighted by Gasteiger charge is 2.22. The fraction of sp³-hybridized carbons (Fsp3) is 0.500. The van der Waals surface area contributed by atoms with Crippen LogP contribution in [0, 0.1) is 0 Å². The van der Waals surface area contributed by atoms with Gasteiger partial charge in [-0.05, 0) is 29.7 Å². The standard InChI is InChI=1S/C12H18N2/c1-3-14-7-9(2)12-10(8-14)5-4-6-11(12)13/h4-6,9H,3,7-8,13H2,1-2H3. The Morgan fingerprint density at radius 2 is 2.29 bits per heavy atom. The van der Waals surface area contributed by atoms with Crippen LogP contribution in [0.3, 0.4) is 0 Å². The molecule has 14 heavy (non-hydrogen) atoms. The first-order valence-electron chi connectivity index (χ1n) is 5.32. The zero-order valence-corrected chi connectivity index (χ0v) is 8.96. The molecular weight excluding hydrogens is 172 g/mol. The molecule has 0 amide bonds. The number of nitrogens with zero attached hydrogens (tertiary/aromatic N) is 1. The van der Waals surface area contributed by atoms with Crippen LogP contribution in [-0.4, -0.2) is 18.0 Å². The fourth-order valence-electron chi connectivity index (χ4n) is 2.40. The SMILES string of the molecule is CCN1Cc2cccc(N)c2C(C)C1. The highest BCUT2D eigenvalue weighted by Crippen LogP contribution is 2.31. The summed E-state index contributed by atoms with van der Waals surface area (Å²) in [5.74, 6) is 0.569. The van der Waals surface area contributed by atoms with Gasteiger partial charge in [0.15, 0.2) is 0 Å². The predicted molar refractivity (Wildman–Crippen MR) is 60.2 cm³/mol. The maximum atomic E-state index is 6.00. The van der Waals surface area contributed by atoms with Crippen LogP contribution in [0.4, 0.5) is 5.69 Å². The molecule has 1 heterocycles. The van der Waals surface area contributed by atoms with E-state index >= 15 is 0 Å². The van der Waals surface area contributed by atoms with E-state index in [2.05, 4.69) is 30.9 Å². The van der Waals surface area contributed by atoms with Gasteiger partial charge in [0, 0.05) is 18.8 Å². The van der Waals surface area contributed by atoms with E-state index in [9.17, 15) is 0 Å². The Morgan fingerprint density at radius 1 is 1.50 bits per heavy atom. The summed E-state index contributed by atoms with van der Waals surface area (Å²) < 4.78 is 0. The van der Waals surface area contributed by atoms with Crippen molar-refractivity contribution in [3.63, 3.8) is 0 Å². The maximum Gasteiger partial charge on any atom is 0.0353 e. The van der Waals surface area contributed by atoms with E-state index in [1.165, 1.54) is 11.1 Å². The van der Waals surface area contributed by atoms with Crippen LogP contribution in [0.5, 0.6) is 0 Å². The van der Waals surface area contributed by atoms with E-state index in [4.69, 9.17) is 5.73 Å². The highest BCUT2D eigenvalue weighted by atomic mass is 15.1. The monoisotopic (exact) mass is 190 g/mol. The number of nitrogen functional groups attached to an aromatic ring is 1. The molecule has 0 radical (unpaired) electrons. The van der Waals surface area contributed by atoms with E-state index < -0.39 is 0 Å². The molecule has 0 saturated carbocycles. The zero-order valence-electron chi connectivity index (χ0n) is 8.96. The van der Waals surface area contributed by atoms with E-state index in [-0.39, 0.29) is 0 Å². The van der Waals surface area contributed by atoms with Gasteiger partial charge in [-0.2, -0.15) is 0 Å². The Balaban J connectivity index is 2.39. The third-order valence-electron chi connectivity index (χ3n) is 3.10. The van der Waals surface area contributed by atoms with Crippen molar-refractivity contribution in [1.29, 1.82) is 0 Å². The van der Waals surface area contributed by atoms with Gasteiger partial charge >= 0.3 is 0 Å². The third-order valence-corrected chi connectivity index (χ3v) is 3.10. The summed E-state index contributed by atoms with van der Waals surface area (Å²) in [4.78, 5) is 2.46. The van der Waals surface area contributed by atoms with Crippen molar-refractivity contribution < 1.29 is 0 Å². The molecule has 0 saturated heterocycles. The molecule has 2 rings (SSSR count). The van der Waals surface area contributed by atoms with Crippen LogP contribution in [0.15, 0.2) is 18.2 Å². The number of nitrogens with two attached hydrogens (primary N) is 1. The van der Waals surface area contributed by atoms with Gasteiger partial charge in [-0.15, -0.1) is 0 Å². The quantitative estimate of drug-likeness (QED) is 0.688. The minimum absolute atomic E-state index is 0.569. The summed E-state index contributed by atoms with van der Waals surface area (Å²) in [5.41, 5.74) is 9.74. The second-order valence-corrected chi connectivity index (χ2v) is 4.15. The molecule has 1 aliphatic rings. The Labute approximate surface area is 85.7 Å². The molecule has 1 aromatic carbocycles. The van der Waals surface area contributed by atoms with Crippen LogP contribution in [0.2, 0.25) is 0 Å². The lowest BCUT2D eigenvalue weighted by Gasteiger charge is -2.32. The molecular formula is C12H18N2. The normalized spacial score (nSPS) is 22.0. The Kier molecular flexibility index (Phi) is 2.46. The topological polar surface area (TPSA) is 29.3 Å². The Morgan fingerprint density at radius 3 is 3.00 bits per heavy atom. The molecule has 1 unspecified atom stereocenters. The van der Waals surface area contributed by atoms with E-state index in [1.54, 1.807) is 0 Å². The third kappa shape index (κ3) is 1.50. The van der Waals surface area contributed by atoms with Crippen molar-refractivity contribution in [2.45, 2.75) is 26.3 Å². The van der Waals surface area contributed by atoms with Gasteiger partial charge in [-0.1, -0.05) is 26.0 Å². The number of hydrogen-bond acceptors (Lipinski definition) is 2. The average Bonchev–Trinajstić information content (AvgIpc) is 2.17. The second kappa shape index (κ2) is 3.62. The van der Waals surface area contributed by atoms with Crippen molar-refractivity contribution in [3.05, 3.63) is 29.3 Å². The first-order chi connectivity index (χ1) is 6.72. The molecule has 0 aliphatic carbocycles. The van der Waals surface area contributed by atoms with Gasteiger partial charge in [-0.25, -0.2) is 0 Å². The molecule has 76 valence electrons. The van der Waals surface area contributed by atoms with Crippen LogP contribution in [-0.2, 0) is 6.54 Å². The highest BCUT2D eigenvalue weighted by molar-refractivity contribution is 5.53. The summed E-state index contributed by atoms with van der Waals surface area (Å²) in [5, 5.41) is 0. The summed E-state index contributed by atoms with van der Waals surface area (Å²) >= 11 is 0. The van der Waals surface area contributed by atoms with Crippen LogP contribution in [0.1, 0.15) is 30.9 Å². The van der Waals surface area contributed by atoms with Crippen molar-refractivity contribution in [3.8, 4) is 0 Å². The molecule has 2 N–H and O–H groups in total. The van der Waals surface area contributed by atoms with Crippen molar-refractivity contribution >= 4 is 5.69 Å². The predicted octanol–water partition coefficient (Wildman–Crippen LogP) is 2.21. The number of hydrogen-bond donors (Lipinski definition) is 1. The molecule has 0 aromatic heterocycles. The maximum absolute atomic E-state index is 6.00. The summed E-state index contributed by atoms with van der Waals surface area (Å²) in [7, 11) is 0. The second-order valence-electron chi connectivity index (χ2n) is 4.15. The van der Waals surface area contributed by atoms with Crippen molar-refractivity contribution in [1.82, 2.24) is 4.90 Å². The van der Waals surface area contributed by atoms with Crippen molar-refractivity contribution in [2.75, 3.05) is 18.8 Å². The Hall–Kier alpha value is -1.02. The molecule has 1 atom stereocenters. The molecule has 1 aromatic rings. The number of fused-ring (bicyclic) bond motifs is 1. The molecule has 2 heteroatoms. The summed E-state index contributed by atoms with van der Waals surface area (Å²) in [6, 6.07) is 6.26. The molecule has 0 bridgehead atoms. The number of anilines is 1. The van der Waals surface area contributed by atoms with Crippen LogP contribution >= 0.6 is 0 Å². The minimum atomic E-state index is 0.569. The molecule has 1 aliphatic heterocycles. The van der Waals surface area contributed by atoms with Crippen molar-refractivity contribution in [2.24, 2.45) is 0 Å². The number of benzene rings is 1. The first kappa shape index (κ1) is 9.53. The van der Waals surface area contributed by atoms with E-state index in [0.29, 0.717) is 5.92 Å². The van der Waals surface area contributed by atoms with Crippen LogP contribution in [0.25, 0.3) is 0 Å². The lowest BCUT2D eigenvalue weighted by atomic mass is 9.90. The van der Waals surface area contributed by atoms with Gasteiger partial charge in [0.1, 0.15) is 0 Å². The molecule has 0 fully saturated rings. The van der Waals surface area contributed by atoms with Gasteiger partial charge in [0.05, 0.1) is 0 Å². The van der Waals surface area contributed by atoms with E-state index in [1.807, 2.05) is 6.07 Å². The largest absolute Gasteiger partial charge is 0.398 e. The Bertz CT molecular complexity index is 333. The van der Waals surface area contributed by atoms with Gasteiger partial charge in [0.25, 0.3) is 0 Å². The van der Waals surface area contributed by atoms with Crippen LogP contribution < -0.4 is 5.73 Å². The van der Waals surface area contributed by atoms with Gasteiger partial charge in [-0.3, -0.25) is 4.90 Å². The van der Waals surface area contributed by atoms with Gasteiger partial charge in [0.2, 0.25) is 0 Å². The number of rotatable bonds is 1.